The minimum absolute atomic E-state index is 0.0206. The Kier molecular flexibility index (Phi) is 6.38. The largest absolute Gasteiger partial charge is 0.376 e. The van der Waals surface area contributed by atoms with Gasteiger partial charge in [-0.15, -0.1) is 0 Å². The van der Waals surface area contributed by atoms with Crippen molar-refractivity contribution in [3.63, 3.8) is 0 Å². The van der Waals surface area contributed by atoms with Gasteiger partial charge in [0.2, 0.25) is 10.0 Å². The molecule has 6 heteroatoms. The van der Waals surface area contributed by atoms with Crippen LogP contribution in [0.4, 0.5) is 0 Å². The highest BCUT2D eigenvalue weighted by molar-refractivity contribution is 7.89. The molecular weight excluding hydrogens is 348 g/mol. The molecule has 2 aliphatic heterocycles. The van der Waals surface area contributed by atoms with E-state index >= 15 is 0 Å². The fourth-order valence-electron chi connectivity index (χ4n) is 4.05. The lowest BCUT2D eigenvalue weighted by Crippen LogP contribution is -2.47. The molecule has 1 aromatic rings. The smallest absolute Gasteiger partial charge is 0.211 e. The van der Waals surface area contributed by atoms with Crippen molar-refractivity contribution in [1.29, 1.82) is 0 Å². The van der Waals surface area contributed by atoms with Gasteiger partial charge in [0.25, 0.3) is 0 Å². The first-order chi connectivity index (χ1) is 12.4. The fraction of sp³-hybridized carbons (Fsp3) is 0.700. The van der Waals surface area contributed by atoms with Gasteiger partial charge in [-0.05, 0) is 63.6 Å². The molecule has 26 heavy (non-hydrogen) atoms. The van der Waals surface area contributed by atoms with Crippen molar-refractivity contribution in [1.82, 2.24) is 9.62 Å². The van der Waals surface area contributed by atoms with Crippen molar-refractivity contribution in [3.8, 4) is 0 Å². The van der Waals surface area contributed by atoms with Gasteiger partial charge in [-0.1, -0.05) is 29.8 Å². The van der Waals surface area contributed by atoms with Crippen molar-refractivity contribution < 1.29 is 13.2 Å². The first kappa shape index (κ1) is 19.8. The molecule has 1 unspecified atom stereocenters. The van der Waals surface area contributed by atoms with Gasteiger partial charge in [-0.2, -0.15) is 0 Å². The third-order valence-corrected chi connectivity index (χ3v) is 7.30. The number of hydrogen-bond acceptors (Lipinski definition) is 4. The number of sulfonamides is 1. The maximum absolute atomic E-state index is 11.6. The predicted octanol–water partition coefficient (Wildman–Crippen LogP) is 2.70. The van der Waals surface area contributed by atoms with E-state index in [0.29, 0.717) is 12.0 Å². The normalized spacial score (nSPS) is 24.0. The van der Waals surface area contributed by atoms with Crippen LogP contribution >= 0.6 is 0 Å². The van der Waals surface area contributed by atoms with Crippen LogP contribution in [0.5, 0.6) is 0 Å². The molecule has 0 saturated carbocycles. The summed E-state index contributed by atoms with van der Waals surface area (Å²) in [4.78, 5) is 2.54. The highest BCUT2D eigenvalue weighted by Crippen LogP contribution is 2.40. The van der Waals surface area contributed by atoms with E-state index in [1.807, 2.05) is 0 Å². The lowest BCUT2D eigenvalue weighted by atomic mass is 9.73. The number of piperidine rings is 1. The number of rotatable bonds is 6. The van der Waals surface area contributed by atoms with E-state index < -0.39 is 10.0 Å². The second-order valence-electron chi connectivity index (χ2n) is 7.99. The topological polar surface area (TPSA) is 58.6 Å². The Morgan fingerprint density at radius 3 is 2.65 bits per heavy atom. The van der Waals surface area contributed by atoms with Gasteiger partial charge in [0.15, 0.2) is 0 Å². The Morgan fingerprint density at radius 1 is 1.27 bits per heavy atom. The predicted molar refractivity (Wildman–Crippen MR) is 105 cm³/mol. The summed E-state index contributed by atoms with van der Waals surface area (Å²) in [6.07, 6.45) is 4.46. The highest BCUT2D eigenvalue weighted by atomic mass is 32.2. The molecule has 2 heterocycles. The number of nitrogens with one attached hydrogen (secondary N) is 1. The van der Waals surface area contributed by atoms with Gasteiger partial charge < -0.3 is 4.74 Å². The van der Waals surface area contributed by atoms with Crippen molar-refractivity contribution in [3.05, 3.63) is 35.4 Å². The number of hydrogen-bond donors (Lipinski definition) is 1. The standard InChI is InChI=1S/C20H32N2O3S/c1-3-26(23,24)21-14-19-7-8-20(16-25-19)9-11-22(12-10-20)15-18-6-4-5-17(2)13-18/h4-6,13,19,21H,3,7-12,14-16H2,1-2H3. The third kappa shape index (κ3) is 5.28. The summed E-state index contributed by atoms with van der Waals surface area (Å²) >= 11 is 0. The van der Waals surface area contributed by atoms with Gasteiger partial charge in [0.1, 0.15) is 0 Å². The van der Waals surface area contributed by atoms with Crippen molar-refractivity contribution >= 4 is 10.0 Å². The number of aryl methyl sites for hydroxylation is 1. The Hall–Kier alpha value is -0.950. The molecule has 2 fully saturated rings. The van der Waals surface area contributed by atoms with Crippen molar-refractivity contribution in [2.24, 2.45) is 5.41 Å². The first-order valence-corrected chi connectivity index (χ1v) is 11.4. The van der Waals surface area contributed by atoms with Gasteiger partial charge in [-0.3, -0.25) is 4.90 Å². The Balaban J connectivity index is 1.43. The second-order valence-corrected chi connectivity index (χ2v) is 10.1. The first-order valence-electron chi connectivity index (χ1n) is 9.77. The zero-order valence-electron chi connectivity index (χ0n) is 16.0. The molecule has 0 bridgehead atoms. The van der Waals surface area contributed by atoms with E-state index in [9.17, 15) is 8.42 Å². The molecule has 0 radical (unpaired) electrons. The molecule has 1 spiro atoms. The van der Waals surface area contributed by atoms with Crippen LogP contribution in [-0.2, 0) is 21.3 Å². The molecular formula is C20H32N2O3S. The number of likely N-dealkylation sites (tertiary alicyclic amines) is 1. The van der Waals surface area contributed by atoms with Crippen LogP contribution < -0.4 is 4.72 Å². The third-order valence-electron chi connectivity index (χ3n) is 5.94. The maximum Gasteiger partial charge on any atom is 0.211 e. The van der Waals surface area contributed by atoms with Crippen LogP contribution in [0.15, 0.2) is 24.3 Å². The average Bonchev–Trinajstić information content (AvgIpc) is 2.64. The summed E-state index contributed by atoms with van der Waals surface area (Å²) in [5.41, 5.74) is 3.01. The van der Waals surface area contributed by atoms with E-state index in [1.54, 1.807) is 6.92 Å². The van der Waals surface area contributed by atoms with E-state index in [2.05, 4.69) is 40.8 Å². The summed E-state index contributed by atoms with van der Waals surface area (Å²) in [5, 5.41) is 0. The zero-order valence-corrected chi connectivity index (χ0v) is 16.9. The van der Waals surface area contributed by atoms with Gasteiger partial charge in [-0.25, -0.2) is 13.1 Å². The minimum atomic E-state index is -3.13. The molecule has 1 aromatic carbocycles. The number of ether oxygens (including phenoxy) is 1. The van der Waals surface area contributed by atoms with E-state index in [1.165, 1.54) is 24.0 Å². The Labute approximate surface area is 158 Å². The van der Waals surface area contributed by atoms with E-state index in [-0.39, 0.29) is 11.9 Å². The molecule has 1 N–H and O–H groups in total. The van der Waals surface area contributed by atoms with Crippen molar-refractivity contribution in [2.75, 3.05) is 32.0 Å². The minimum Gasteiger partial charge on any atom is -0.376 e. The fourth-order valence-corrected chi connectivity index (χ4v) is 4.69. The van der Waals surface area contributed by atoms with Gasteiger partial charge >= 0.3 is 0 Å². The molecule has 1 atom stereocenters. The molecule has 146 valence electrons. The summed E-state index contributed by atoms with van der Waals surface area (Å²) < 4.78 is 31.8. The average molecular weight is 381 g/mol. The zero-order chi connectivity index (χ0) is 18.6. The maximum atomic E-state index is 11.6. The summed E-state index contributed by atoms with van der Waals surface area (Å²) in [5.74, 6) is 0.125. The lowest BCUT2D eigenvalue weighted by molar-refractivity contribution is -0.0837. The number of nitrogens with zero attached hydrogens (tertiary/aromatic N) is 1. The quantitative estimate of drug-likeness (QED) is 0.824. The van der Waals surface area contributed by atoms with E-state index in [4.69, 9.17) is 4.74 Å². The molecule has 5 nitrogen and oxygen atoms in total. The molecule has 2 aliphatic rings. The van der Waals surface area contributed by atoms with Crippen LogP contribution in [0.3, 0.4) is 0 Å². The van der Waals surface area contributed by atoms with Crippen LogP contribution in [-0.4, -0.2) is 51.4 Å². The monoisotopic (exact) mass is 380 g/mol. The molecule has 0 aliphatic carbocycles. The second kappa shape index (κ2) is 8.38. The summed E-state index contributed by atoms with van der Waals surface area (Å²) in [7, 11) is -3.13. The highest BCUT2D eigenvalue weighted by Gasteiger charge is 2.38. The lowest BCUT2D eigenvalue weighted by Gasteiger charge is -2.45. The summed E-state index contributed by atoms with van der Waals surface area (Å²) in [6, 6.07) is 8.77. The Morgan fingerprint density at radius 2 is 2.04 bits per heavy atom. The Bertz CT molecular complexity index is 687. The van der Waals surface area contributed by atoms with Crippen LogP contribution in [0.25, 0.3) is 0 Å². The van der Waals surface area contributed by atoms with Crippen LogP contribution in [0, 0.1) is 12.3 Å². The van der Waals surface area contributed by atoms with E-state index in [0.717, 1.165) is 39.1 Å². The summed E-state index contributed by atoms with van der Waals surface area (Å²) in [6.45, 7) is 8.24. The van der Waals surface area contributed by atoms with Gasteiger partial charge in [0, 0.05) is 13.1 Å². The SMILES string of the molecule is CCS(=O)(=O)NCC1CCC2(CCN(Cc3cccc(C)c3)CC2)CO1. The van der Waals surface area contributed by atoms with Crippen LogP contribution in [0.2, 0.25) is 0 Å². The van der Waals surface area contributed by atoms with Crippen LogP contribution in [0.1, 0.15) is 43.7 Å². The van der Waals surface area contributed by atoms with Crippen molar-refractivity contribution in [2.45, 2.75) is 52.2 Å². The molecule has 3 rings (SSSR count). The number of benzene rings is 1. The van der Waals surface area contributed by atoms with Gasteiger partial charge in [0.05, 0.1) is 18.5 Å². The molecule has 0 amide bonds. The molecule has 0 aromatic heterocycles. The molecule has 2 saturated heterocycles.